The molecule has 46 heavy (non-hydrogen) atoms. The fraction of sp³-hybridized carbons (Fsp3) is 0.189. The summed E-state index contributed by atoms with van der Waals surface area (Å²) in [5.74, 6) is 0.453. The molecule has 9 heteroatoms. The molecule has 5 rings (SSSR count). The molecule has 0 spiro atoms. The zero-order valence-electron chi connectivity index (χ0n) is 25.8. The van der Waals surface area contributed by atoms with Crippen LogP contribution in [0.1, 0.15) is 61.0 Å². The number of amides is 2. The highest BCUT2D eigenvalue weighted by Gasteiger charge is 2.15. The number of nitrogens with one attached hydrogen (secondary N) is 2. The lowest BCUT2D eigenvalue weighted by molar-refractivity contribution is -0.116. The highest BCUT2D eigenvalue weighted by atomic mass is 35.5. The molecule has 4 aromatic carbocycles. The maximum absolute atomic E-state index is 13.5. The number of hydrogen-bond acceptors (Lipinski definition) is 5. The number of para-hydroxylation sites is 1. The van der Waals surface area contributed by atoms with Gasteiger partial charge in [0.15, 0.2) is 0 Å². The van der Waals surface area contributed by atoms with Gasteiger partial charge in [0, 0.05) is 28.1 Å². The molecule has 0 aliphatic carbocycles. The summed E-state index contributed by atoms with van der Waals surface area (Å²) in [5.41, 5.74) is 8.76. The van der Waals surface area contributed by atoms with Gasteiger partial charge in [-0.25, -0.2) is 10.4 Å². The number of hydrazone groups is 1. The Kier molecular flexibility index (Phi) is 10.7. The number of aromatic nitrogens is 1. The van der Waals surface area contributed by atoms with Gasteiger partial charge in [-0.05, 0) is 72.9 Å². The average molecular weight is 654 g/mol. The van der Waals surface area contributed by atoms with Crippen LogP contribution in [0.15, 0.2) is 102 Å². The summed E-state index contributed by atoms with van der Waals surface area (Å²) in [6.45, 7) is 6.44. The van der Waals surface area contributed by atoms with Crippen molar-refractivity contribution in [2.75, 3.05) is 11.9 Å². The van der Waals surface area contributed by atoms with Crippen molar-refractivity contribution in [2.24, 2.45) is 5.10 Å². The Morgan fingerprint density at radius 3 is 2.46 bits per heavy atom. The van der Waals surface area contributed by atoms with E-state index in [1.165, 1.54) is 5.56 Å². The zero-order valence-corrected chi connectivity index (χ0v) is 27.3. The lowest BCUT2D eigenvalue weighted by atomic mass is 9.99. The minimum absolute atomic E-state index is 0.148. The minimum atomic E-state index is -0.343. The van der Waals surface area contributed by atoms with Crippen LogP contribution < -0.4 is 15.5 Å². The quantitative estimate of drug-likeness (QED) is 0.0845. The van der Waals surface area contributed by atoms with E-state index in [0.29, 0.717) is 57.4 Å². The molecule has 2 N–H and O–H groups in total. The molecule has 7 nitrogen and oxygen atoms in total. The summed E-state index contributed by atoms with van der Waals surface area (Å²) < 4.78 is 5.66. The summed E-state index contributed by atoms with van der Waals surface area (Å²) >= 11 is 12.0. The van der Waals surface area contributed by atoms with Crippen molar-refractivity contribution in [3.05, 3.63) is 124 Å². The Morgan fingerprint density at radius 1 is 0.913 bits per heavy atom. The van der Waals surface area contributed by atoms with E-state index in [2.05, 4.69) is 41.8 Å². The second-order valence-electron chi connectivity index (χ2n) is 11.1. The van der Waals surface area contributed by atoms with E-state index in [1.807, 2.05) is 54.6 Å². The van der Waals surface area contributed by atoms with Gasteiger partial charge in [-0.3, -0.25) is 9.59 Å². The van der Waals surface area contributed by atoms with Crippen molar-refractivity contribution < 1.29 is 14.3 Å². The van der Waals surface area contributed by atoms with Gasteiger partial charge < -0.3 is 10.1 Å². The van der Waals surface area contributed by atoms with Gasteiger partial charge in [0.1, 0.15) is 5.75 Å². The molecule has 2 amide bonds. The first-order valence-electron chi connectivity index (χ1n) is 15.0. The molecule has 5 aromatic rings. The summed E-state index contributed by atoms with van der Waals surface area (Å²) in [6.07, 6.45) is 0.772. The van der Waals surface area contributed by atoms with E-state index in [-0.39, 0.29) is 18.2 Å². The molecular formula is C37H34Cl2N4O3. The molecule has 0 atom stereocenters. The summed E-state index contributed by atoms with van der Waals surface area (Å²) in [7, 11) is 0. The van der Waals surface area contributed by atoms with E-state index < -0.39 is 0 Å². The second-order valence-corrected chi connectivity index (χ2v) is 12.0. The first-order valence-corrected chi connectivity index (χ1v) is 15.8. The Hall–Kier alpha value is -4.72. The van der Waals surface area contributed by atoms with Crippen LogP contribution in [0.2, 0.25) is 10.0 Å². The van der Waals surface area contributed by atoms with Crippen molar-refractivity contribution in [3.63, 3.8) is 0 Å². The smallest absolute Gasteiger partial charge is 0.272 e. The lowest BCUT2D eigenvalue weighted by Gasteiger charge is -2.11. The number of carbonyl (C=O) groups is 2. The SMILES string of the molecule is C/C(=N/NC(=O)c1cc(-c2ccc(C(C)C)cc2)nc2ccccc12)c1cccc(NC(=O)CCCOc2ccc(Cl)cc2Cl)c1. The maximum atomic E-state index is 13.5. The maximum Gasteiger partial charge on any atom is 0.272 e. The third kappa shape index (κ3) is 8.30. The Morgan fingerprint density at radius 2 is 1.70 bits per heavy atom. The van der Waals surface area contributed by atoms with Gasteiger partial charge in [-0.1, -0.05) is 91.6 Å². The fourth-order valence-corrected chi connectivity index (χ4v) is 5.32. The Bertz CT molecular complexity index is 1910. The third-order valence-corrected chi connectivity index (χ3v) is 7.95. The fourth-order valence-electron chi connectivity index (χ4n) is 4.86. The van der Waals surface area contributed by atoms with Crippen molar-refractivity contribution >= 4 is 57.3 Å². The van der Waals surface area contributed by atoms with E-state index in [0.717, 1.165) is 22.0 Å². The minimum Gasteiger partial charge on any atom is -0.492 e. The van der Waals surface area contributed by atoms with Crippen LogP contribution in [-0.4, -0.2) is 29.1 Å². The molecular weight excluding hydrogens is 619 g/mol. The zero-order chi connectivity index (χ0) is 32.6. The van der Waals surface area contributed by atoms with Crippen LogP contribution in [0.25, 0.3) is 22.2 Å². The third-order valence-electron chi connectivity index (χ3n) is 7.42. The summed E-state index contributed by atoms with van der Waals surface area (Å²) in [6, 6.07) is 29.9. The normalized spacial score (nSPS) is 11.5. The first kappa shape index (κ1) is 32.7. The molecule has 0 saturated heterocycles. The van der Waals surface area contributed by atoms with Crippen molar-refractivity contribution in [3.8, 4) is 17.0 Å². The summed E-state index contributed by atoms with van der Waals surface area (Å²) in [5, 5.41) is 8.98. The molecule has 0 bridgehead atoms. The number of rotatable bonds is 11. The molecule has 0 aliphatic heterocycles. The largest absolute Gasteiger partial charge is 0.492 e. The van der Waals surface area contributed by atoms with Gasteiger partial charge >= 0.3 is 0 Å². The predicted octanol–water partition coefficient (Wildman–Crippen LogP) is 9.28. The molecule has 0 radical (unpaired) electrons. The Balaban J connectivity index is 1.23. The lowest BCUT2D eigenvalue weighted by Crippen LogP contribution is -2.20. The van der Waals surface area contributed by atoms with Crippen molar-refractivity contribution in [1.82, 2.24) is 10.4 Å². The second kappa shape index (κ2) is 15.0. The number of ether oxygens (including phenoxy) is 1. The van der Waals surface area contributed by atoms with Crippen LogP contribution in [0.5, 0.6) is 5.75 Å². The number of nitrogens with zero attached hydrogens (tertiary/aromatic N) is 2. The monoisotopic (exact) mass is 652 g/mol. The molecule has 234 valence electrons. The predicted molar refractivity (Wildman–Crippen MR) is 187 cm³/mol. The van der Waals surface area contributed by atoms with Crippen LogP contribution >= 0.6 is 23.2 Å². The molecule has 1 heterocycles. The van der Waals surface area contributed by atoms with Crippen LogP contribution in [0.3, 0.4) is 0 Å². The average Bonchev–Trinajstić information content (AvgIpc) is 3.05. The van der Waals surface area contributed by atoms with E-state index >= 15 is 0 Å². The van der Waals surface area contributed by atoms with Gasteiger partial charge in [0.25, 0.3) is 5.91 Å². The number of fused-ring (bicyclic) bond motifs is 1. The van der Waals surface area contributed by atoms with Gasteiger partial charge in [-0.2, -0.15) is 5.10 Å². The molecule has 0 fully saturated rings. The van der Waals surface area contributed by atoms with Crippen LogP contribution in [0.4, 0.5) is 5.69 Å². The van der Waals surface area contributed by atoms with E-state index in [4.69, 9.17) is 32.9 Å². The van der Waals surface area contributed by atoms with E-state index in [9.17, 15) is 9.59 Å². The standard InChI is InChI=1S/C37H34Cl2N4O3/c1-23(2)25-13-15-26(16-14-25)34-22-31(30-10-4-5-11-33(30)41-34)37(45)43-42-24(3)27-8-6-9-29(20-27)40-36(44)12-7-19-46-35-18-17-28(38)21-32(35)39/h4-6,8-11,13-18,20-23H,7,12,19H2,1-3H3,(H,40,44)(H,43,45)/b42-24-. The molecule has 0 aliphatic rings. The number of anilines is 1. The number of benzene rings is 4. The Labute approximate surface area is 278 Å². The molecule has 1 aromatic heterocycles. The summed E-state index contributed by atoms with van der Waals surface area (Å²) in [4.78, 5) is 30.8. The number of halogens is 2. The number of pyridine rings is 1. The van der Waals surface area contributed by atoms with Crippen molar-refractivity contribution in [1.29, 1.82) is 0 Å². The van der Waals surface area contributed by atoms with Crippen LogP contribution in [0, 0.1) is 0 Å². The number of hydrogen-bond donors (Lipinski definition) is 2. The van der Waals surface area contributed by atoms with Crippen molar-refractivity contribution in [2.45, 2.75) is 39.5 Å². The highest BCUT2D eigenvalue weighted by molar-refractivity contribution is 6.35. The highest BCUT2D eigenvalue weighted by Crippen LogP contribution is 2.28. The first-order chi connectivity index (χ1) is 22.2. The van der Waals surface area contributed by atoms with Gasteiger partial charge in [0.2, 0.25) is 5.91 Å². The van der Waals surface area contributed by atoms with Gasteiger partial charge in [0.05, 0.1) is 34.1 Å². The van der Waals surface area contributed by atoms with Gasteiger partial charge in [-0.15, -0.1) is 0 Å². The number of carbonyl (C=O) groups excluding carboxylic acids is 2. The topological polar surface area (TPSA) is 92.7 Å². The molecule has 0 unspecified atom stereocenters. The van der Waals surface area contributed by atoms with E-state index in [1.54, 1.807) is 37.3 Å². The molecule has 0 saturated carbocycles. The van der Waals surface area contributed by atoms with Crippen LogP contribution in [-0.2, 0) is 4.79 Å².